The highest BCUT2D eigenvalue weighted by atomic mass is 19.4. The topological polar surface area (TPSA) is 50.7 Å². The third-order valence-electron chi connectivity index (χ3n) is 2.70. The van der Waals surface area contributed by atoms with Crippen molar-refractivity contribution in [3.63, 3.8) is 0 Å². The van der Waals surface area contributed by atoms with Gasteiger partial charge < -0.3 is 5.32 Å². The standard InChI is InChI=1S/C14H15F3N4/c1-2-5-19-12-8-11(7-10-4-3-6-18-9-10)20-13(21-12)14(15,16)17/h3-4,6,8-9H,2,5,7H2,1H3,(H,19,20,21). The van der Waals surface area contributed by atoms with E-state index in [1.807, 2.05) is 6.92 Å². The van der Waals surface area contributed by atoms with Gasteiger partial charge in [0.05, 0.1) is 5.69 Å². The van der Waals surface area contributed by atoms with Gasteiger partial charge >= 0.3 is 6.18 Å². The normalized spacial score (nSPS) is 11.4. The number of pyridine rings is 1. The van der Waals surface area contributed by atoms with E-state index >= 15 is 0 Å². The van der Waals surface area contributed by atoms with Gasteiger partial charge in [0.1, 0.15) is 5.82 Å². The van der Waals surface area contributed by atoms with E-state index in [1.165, 1.54) is 6.07 Å². The molecule has 0 fully saturated rings. The molecule has 0 saturated carbocycles. The zero-order chi connectivity index (χ0) is 15.3. The van der Waals surface area contributed by atoms with Crippen LogP contribution in [0.4, 0.5) is 19.0 Å². The largest absolute Gasteiger partial charge is 0.451 e. The molecular formula is C14H15F3N4. The molecule has 112 valence electrons. The van der Waals surface area contributed by atoms with Crippen molar-refractivity contribution in [2.24, 2.45) is 0 Å². The summed E-state index contributed by atoms with van der Waals surface area (Å²) in [4.78, 5) is 11.1. The van der Waals surface area contributed by atoms with Gasteiger partial charge in [-0.05, 0) is 18.1 Å². The Morgan fingerprint density at radius 2 is 2.05 bits per heavy atom. The fourth-order valence-electron chi connectivity index (χ4n) is 1.77. The monoisotopic (exact) mass is 296 g/mol. The smallest absolute Gasteiger partial charge is 0.370 e. The fourth-order valence-corrected chi connectivity index (χ4v) is 1.77. The Hall–Kier alpha value is -2.18. The van der Waals surface area contributed by atoms with E-state index in [0.29, 0.717) is 12.2 Å². The molecule has 2 heterocycles. The second-order valence-corrected chi connectivity index (χ2v) is 4.53. The molecule has 4 nitrogen and oxygen atoms in total. The molecule has 7 heteroatoms. The SMILES string of the molecule is CCCNc1cc(Cc2cccnc2)nc(C(F)(F)F)n1. The van der Waals surface area contributed by atoms with Crippen LogP contribution in [0, 0.1) is 0 Å². The van der Waals surface area contributed by atoms with E-state index in [2.05, 4.69) is 20.3 Å². The molecule has 0 aliphatic rings. The molecular weight excluding hydrogens is 281 g/mol. The second-order valence-electron chi connectivity index (χ2n) is 4.53. The molecule has 0 atom stereocenters. The van der Waals surface area contributed by atoms with Crippen LogP contribution in [0.3, 0.4) is 0 Å². The molecule has 0 aliphatic heterocycles. The molecule has 0 aromatic carbocycles. The van der Waals surface area contributed by atoms with Gasteiger partial charge in [0.2, 0.25) is 5.82 Å². The highest BCUT2D eigenvalue weighted by Crippen LogP contribution is 2.27. The van der Waals surface area contributed by atoms with E-state index in [-0.39, 0.29) is 12.2 Å². The van der Waals surface area contributed by atoms with Gasteiger partial charge in [0.25, 0.3) is 0 Å². The summed E-state index contributed by atoms with van der Waals surface area (Å²) in [5, 5.41) is 2.87. The first-order chi connectivity index (χ1) is 9.99. The van der Waals surface area contributed by atoms with Crippen LogP contribution < -0.4 is 5.32 Å². The summed E-state index contributed by atoms with van der Waals surface area (Å²) in [6.07, 6.45) is -0.273. The average Bonchev–Trinajstić information content (AvgIpc) is 2.45. The number of hydrogen-bond donors (Lipinski definition) is 1. The van der Waals surface area contributed by atoms with Gasteiger partial charge in [0.15, 0.2) is 0 Å². The van der Waals surface area contributed by atoms with E-state index in [1.54, 1.807) is 24.5 Å². The number of anilines is 1. The van der Waals surface area contributed by atoms with E-state index < -0.39 is 12.0 Å². The highest BCUT2D eigenvalue weighted by Gasteiger charge is 2.35. The third-order valence-corrected chi connectivity index (χ3v) is 2.70. The van der Waals surface area contributed by atoms with Gasteiger partial charge in [-0.25, -0.2) is 9.97 Å². The van der Waals surface area contributed by atoms with Crippen molar-refractivity contribution in [3.05, 3.63) is 47.7 Å². The van der Waals surface area contributed by atoms with Crippen LogP contribution in [-0.2, 0) is 12.6 Å². The summed E-state index contributed by atoms with van der Waals surface area (Å²) in [6, 6.07) is 5.07. The second kappa shape index (κ2) is 6.51. The minimum atomic E-state index is -4.56. The van der Waals surface area contributed by atoms with Crippen molar-refractivity contribution in [1.29, 1.82) is 0 Å². The predicted octanol–water partition coefficient (Wildman–Crippen LogP) is 3.30. The van der Waals surface area contributed by atoms with E-state index in [9.17, 15) is 13.2 Å². The van der Waals surface area contributed by atoms with Crippen molar-refractivity contribution < 1.29 is 13.2 Å². The van der Waals surface area contributed by atoms with Crippen LogP contribution in [0.25, 0.3) is 0 Å². The Morgan fingerprint density at radius 1 is 1.24 bits per heavy atom. The van der Waals surface area contributed by atoms with Gasteiger partial charge in [-0.2, -0.15) is 13.2 Å². The summed E-state index contributed by atoms with van der Waals surface area (Å²) in [6.45, 7) is 2.48. The lowest BCUT2D eigenvalue weighted by molar-refractivity contribution is -0.145. The van der Waals surface area contributed by atoms with Crippen LogP contribution in [0.2, 0.25) is 0 Å². The molecule has 0 spiro atoms. The molecule has 0 radical (unpaired) electrons. The van der Waals surface area contributed by atoms with Crippen LogP contribution in [0.1, 0.15) is 30.4 Å². The van der Waals surface area contributed by atoms with Crippen LogP contribution in [0.15, 0.2) is 30.6 Å². The molecule has 0 bridgehead atoms. The zero-order valence-electron chi connectivity index (χ0n) is 11.5. The zero-order valence-corrected chi connectivity index (χ0v) is 11.5. The molecule has 0 unspecified atom stereocenters. The summed E-state index contributed by atoms with van der Waals surface area (Å²) in [7, 11) is 0. The van der Waals surface area contributed by atoms with Crippen molar-refractivity contribution in [2.75, 3.05) is 11.9 Å². The van der Waals surface area contributed by atoms with E-state index in [4.69, 9.17) is 0 Å². The van der Waals surface area contributed by atoms with Crippen molar-refractivity contribution in [3.8, 4) is 0 Å². The van der Waals surface area contributed by atoms with Crippen molar-refractivity contribution in [1.82, 2.24) is 15.0 Å². The minimum Gasteiger partial charge on any atom is -0.370 e. The molecule has 0 saturated heterocycles. The van der Waals surface area contributed by atoms with Crippen LogP contribution in [-0.4, -0.2) is 21.5 Å². The maximum Gasteiger partial charge on any atom is 0.451 e. The van der Waals surface area contributed by atoms with Crippen LogP contribution >= 0.6 is 0 Å². The third kappa shape index (κ3) is 4.40. The van der Waals surface area contributed by atoms with Gasteiger partial charge in [-0.1, -0.05) is 13.0 Å². The average molecular weight is 296 g/mol. The first kappa shape index (κ1) is 15.2. The summed E-state index contributed by atoms with van der Waals surface area (Å²) < 4.78 is 38.5. The molecule has 1 N–H and O–H groups in total. The van der Waals surface area contributed by atoms with Gasteiger partial charge in [0, 0.05) is 31.4 Å². The molecule has 2 aromatic heterocycles. The molecule has 0 amide bonds. The quantitative estimate of drug-likeness (QED) is 0.919. The lowest BCUT2D eigenvalue weighted by Gasteiger charge is -2.11. The summed E-state index contributed by atoms with van der Waals surface area (Å²) >= 11 is 0. The maximum atomic E-state index is 12.8. The Kier molecular flexibility index (Phi) is 4.72. The fraction of sp³-hybridized carbons (Fsp3) is 0.357. The number of aromatic nitrogens is 3. The molecule has 2 rings (SSSR count). The minimum absolute atomic E-state index is 0.193. The van der Waals surface area contributed by atoms with E-state index in [0.717, 1.165) is 12.0 Å². The lowest BCUT2D eigenvalue weighted by Crippen LogP contribution is -2.15. The van der Waals surface area contributed by atoms with Crippen molar-refractivity contribution >= 4 is 5.82 Å². The number of nitrogens with one attached hydrogen (secondary N) is 1. The molecule has 21 heavy (non-hydrogen) atoms. The Bertz CT molecular complexity index is 585. The Labute approximate surface area is 120 Å². The maximum absolute atomic E-state index is 12.8. The number of nitrogens with zero attached hydrogens (tertiary/aromatic N) is 3. The lowest BCUT2D eigenvalue weighted by atomic mass is 10.1. The number of alkyl halides is 3. The summed E-state index contributed by atoms with van der Waals surface area (Å²) in [5.74, 6) is -0.930. The summed E-state index contributed by atoms with van der Waals surface area (Å²) in [5.41, 5.74) is 1.11. The number of rotatable bonds is 5. The molecule has 0 aliphatic carbocycles. The Balaban J connectivity index is 2.30. The van der Waals surface area contributed by atoms with Crippen LogP contribution in [0.5, 0.6) is 0 Å². The molecule has 2 aromatic rings. The van der Waals surface area contributed by atoms with Crippen molar-refractivity contribution in [2.45, 2.75) is 25.9 Å². The number of halogens is 3. The highest BCUT2D eigenvalue weighted by molar-refractivity contribution is 5.37. The predicted molar refractivity (Wildman–Crippen MR) is 72.9 cm³/mol. The number of hydrogen-bond acceptors (Lipinski definition) is 4. The first-order valence-electron chi connectivity index (χ1n) is 6.57. The Morgan fingerprint density at radius 3 is 2.67 bits per heavy atom. The first-order valence-corrected chi connectivity index (χ1v) is 6.57. The van der Waals surface area contributed by atoms with Gasteiger partial charge in [-0.3, -0.25) is 4.98 Å². The van der Waals surface area contributed by atoms with Gasteiger partial charge in [-0.15, -0.1) is 0 Å².